The van der Waals surface area contributed by atoms with Gasteiger partial charge in [-0.3, -0.25) is 4.90 Å². The van der Waals surface area contributed by atoms with Crippen molar-refractivity contribution in [3.05, 3.63) is 77.1 Å². The van der Waals surface area contributed by atoms with Gasteiger partial charge in [0, 0.05) is 13.1 Å². The van der Waals surface area contributed by atoms with E-state index < -0.39 is 0 Å². The average Bonchev–Trinajstić information content (AvgIpc) is 3.25. The molecule has 5 nitrogen and oxygen atoms in total. The van der Waals surface area contributed by atoms with Gasteiger partial charge in [-0.25, -0.2) is 4.68 Å². The maximum absolute atomic E-state index is 4.56. The highest BCUT2D eigenvalue weighted by Gasteiger charge is 2.32. The first-order chi connectivity index (χ1) is 13.9. The minimum Gasteiger partial charge on any atom is -0.285 e. The van der Waals surface area contributed by atoms with Crippen molar-refractivity contribution in [3.63, 3.8) is 0 Å². The van der Waals surface area contributed by atoms with Crippen molar-refractivity contribution < 1.29 is 0 Å². The third kappa shape index (κ3) is 3.35. The van der Waals surface area contributed by atoms with E-state index in [-0.39, 0.29) is 6.04 Å². The van der Waals surface area contributed by atoms with E-state index in [0.29, 0.717) is 6.04 Å². The topological polar surface area (TPSA) is 46.8 Å². The van der Waals surface area contributed by atoms with Gasteiger partial charge in [0.05, 0.1) is 12.1 Å². The number of rotatable bonds is 4. The van der Waals surface area contributed by atoms with Crippen LogP contribution in [0.5, 0.6) is 0 Å². The lowest BCUT2D eigenvalue weighted by molar-refractivity contribution is 0.188. The summed E-state index contributed by atoms with van der Waals surface area (Å²) < 4.78 is 2.14. The normalized spacial score (nSPS) is 19.3. The van der Waals surface area contributed by atoms with Crippen LogP contribution in [0, 0.1) is 0 Å². The summed E-state index contributed by atoms with van der Waals surface area (Å²) in [4.78, 5) is 2.54. The molecule has 1 aliphatic carbocycles. The molecule has 28 heavy (non-hydrogen) atoms. The van der Waals surface area contributed by atoms with Crippen LogP contribution in [0.15, 0.2) is 54.6 Å². The van der Waals surface area contributed by atoms with Crippen LogP contribution in [-0.4, -0.2) is 31.7 Å². The van der Waals surface area contributed by atoms with Gasteiger partial charge in [0.25, 0.3) is 0 Å². The molecule has 2 heterocycles. The monoisotopic (exact) mass is 373 g/mol. The van der Waals surface area contributed by atoms with E-state index in [2.05, 4.69) is 79.7 Å². The number of fused-ring (bicyclic) bond motifs is 1. The molecule has 1 saturated carbocycles. The summed E-state index contributed by atoms with van der Waals surface area (Å²) in [5, 5.41) is 13.1. The minimum atomic E-state index is 0.0893. The van der Waals surface area contributed by atoms with Crippen LogP contribution in [0.2, 0.25) is 0 Å². The fourth-order valence-electron chi connectivity index (χ4n) is 4.86. The molecular weight excluding hydrogens is 346 g/mol. The van der Waals surface area contributed by atoms with Gasteiger partial charge in [0.15, 0.2) is 5.82 Å². The summed E-state index contributed by atoms with van der Waals surface area (Å²) in [5.74, 6) is 0.998. The van der Waals surface area contributed by atoms with E-state index in [4.69, 9.17) is 0 Å². The lowest BCUT2D eigenvalue weighted by Crippen LogP contribution is -2.36. The molecule has 0 spiro atoms. The molecule has 1 fully saturated rings. The van der Waals surface area contributed by atoms with E-state index in [0.717, 1.165) is 25.3 Å². The second-order valence-corrected chi connectivity index (χ2v) is 8.08. The van der Waals surface area contributed by atoms with Crippen molar-refractivity contribution >= 4 is 0 Å². The van der Waals surface area contributed by atoms with Crippen molar-refractivity contribution in [1.82, 2.24) is 25.1 Å². The number of benzene rings is 2. The Labute approximate surface area is 166 Å². The van der Waals surface area contributed by atoms with Crippen molar-refractivity contribution in [2.75, 3.05) is 6.54 Å². The maximum atomic E-state index is 4.56. The van der Waals surface area contributed by atoms with Crippen molar-refractivity contribution in [1.29, 1.82) is 0 Å². The predicted molar refractivity (Wildman–Crippen MR) is 109 cm³/mol. The van der Waals surface area contributed by atoms with Crippen LogP contribution in [0.1, 0.15) is 66.7 Å². The van der Waals surface area contributed by atoms with Crippen LogP contribution in [0.25, 0.3) is 0 Å². The van der Waals surface area contributed by atoms with Gasteiger partial charge >= 0.3 is 0 Å². The van der Waals surface area contributed by atoms with Gasteiger partial charge in [0.1, 0.15) is 0 Å². The Hall–Kier alpha value is -2.53. The maximum Gasteiger partial charge on any atom is 0.173 e. The number of tetrazole rings is 1. The fraction of sp³-hybridized carbons (Fsp3) is 0.435. The molecule has 2 aromatic carbocycles. The molecule has 3 aromatic rings. The zero-order valence-corrected chi connectivity index (χ0v) is 16.2. The van der Waals surface area contributed by atoms with E-state index in [1.807, 2.05) is 0 Å². The smallest absolute Gasteiger partial charge is 0.173 e. The molecular formula is C23H27N5. The Morgan fingerprint density at radius 3 is 2.43 bits per heavy atom. The second-order valence-electron chi connectivity index (χ2n) is 8.08. The molecule has 0 radical (unpaired) electrons. The molecule has 5 rings (SSSR count). The predicted octanol–water partition coefficient (Wildman–Crippen LogP) is 4.33. The van der Waals surface area contributed by atoms with Crippen LogP contribution in [0.4, 0.5) is 0 Å². The first-order valence-electron chi connectivity index (χ1n) is 10.5. The van der Waals surface area contributed by atoms with E-state index in [1.165, 1.54) is 48.8 Å². The van der Waals surface area contributed by atoms with Crippen molar-refractivity contribution in [2.24, 2.45) is 0 Å². The standard InChI is InChI=1S/C23H27N5/c1-3-10-19(11-4-1)22(27-16-15-18-9-7-8-12-20(18)17-27)23-24-25-26-28(23)21-13-5-2-6-14-21/h1,3-4,7-12,21-22H,2,5-6,13-17H2/t22-/m1/s1. The van der Waals surface area contributed by atoms with Gasteiger partial charge in [0.2, 0.25) is 0 Å². The molecule has 1 aliphatic heterocycles. The number of hydrogen-bond donors (Lipinski definition) is 0. The Kier molecular flexibility index (Phi) is 4.92. The quantitative estimate of drug-likeness (QED) is 0.683. The Morgan fingerprint density at radius 2 is 1.61 bits per heavy atom. The van der Waals surface area contributed by atoms with E-state index in [1.54, 1.807) is 0 Å². The highest BCUT2D eigenvalue weighted by Crippen LogP contribution is 2.35. The molecule has 1 aromatic heterocycles. The molecule has 5 heteroatoms. The van der Waals surface area contributed by atoms with Gasteiger partial charge < -0.3 is 0 Å². The molecule has 0 amide bonds. The van der Waals surface area contributed by atoms with Crippen LogP contribution >= 0.6 is 0 Å². The van der Waals surface area contributed by atoms with Crippen LogP contribution in [-0.2, 0) is 13.0 Å². The molecule has 0 saturated heterocycles. The summed E-state index contributed by atoms with van der Waals surface area (Å²) in [6.07, 6.45) is 7.32. The summed E-state index contributed by atoms with van der Waals surface area (Å²) in [6.45, 7) is 1.96. The number of aromatic nitrogens is 4. The van der Waals surface area contributed by atoms with Gasteiger partial charge in [-0.2, -0.15) is 0 Å². The Balaban J connectivity index is 1.53. The molecule has 144 valence electrons. The molecule has 0 bridgehead atoms. The number of hydrogen-bond acceptors (Lipinski definition) is 4. The fourth-order valence-corrected chi connectivity index (χ4v) is 4.86. The van der Waals surface area contributed by atoms with Crippen molar-refractivity contribution in [3.8, 4) is 0 Å². The van der Waals surface area contributed by atoms with E-state index in [9.17, 15) is 0 Å². The summed E-state index contributed by atoms with van der Waals surface area (Å²) in [7, 11) is 0. The third-order valence-corrected chi connectivity index (χ3v) is 6.32. The van der Waals surface area contributed by atoms with Crippen LogP contribution < -0.4 is 0 Å². The van der Waals surface area contributed by atoms with Crippen LogP contribution in [0.3, 0.4) is 0 Å². The van der Waals surface area contributed by atoms with Gasteiger partial charge in [-0.1, -0.05) is 73.9 Å². The highest BCUT2D eigenvalue weighted by molar-refractivity contribution is 5.31. The Bertz CT molecular complexity index is 914. The first-order valence-corrected chi connectivity index (χ1v) is 10.5. The number of nitrogens with zero attached hydrogens (tertiary/aromatic N) is 5. The second kappa shape index (κ2) is 7.84. The molecule has 1 atom stereocenters. The zero-order valence-electron chi connectivity index (χ0n) is 16.2. The van der Waals surface area contributed by atoms with Gasteiger partial charge in [-0.05, 0) is 46.4 Å². The highest BCUT2D eigenvalue weighted by atomic mass is 15.6. The Morgan fingerprint density at radius 1 is 0.857 bits per heavy atom. The molecule has 0 unspecified atom stereocenters. The van der Waals surface area contributed by atoms with Gasteiger partial charge in [-0.15, -0.1) is 5.10 Å². The summed E-state index contributed by atoms with van der Waals surface area (Å²) >= 11 is 0. The minimum absolute atomic E-state index is 0.0893. The summed E-state index contributed by atoms with van der Waals surface area (Å²) in [5.41, 5.74) is 4.16. The SMILES string of the molecule is c1ccc([C@H](c2nnnn2C2CCCCC2)N2CCc3ccccc3C2)cc1. The lowest BCUT2D eigenvalue weighted by Gasteiger charge is -2.36. The van der Waals surface area contributed by atoms with E-state index >= 15 is 0 Å². The largest absolute Gasteiger partial charge is 0.285 e. The molecule has 0 N–H and O–H groups in total. The summed E-state index contributed by atoms with van der Waals surface area (Å²) in [6, 6.07) is 20.1. The zero-order chi connectivity index (χ0) is 18.8. The average molecular weight is 374 g/mol. The molecule has 2 aliphatic rings. The lowest BCUT2D eigenvalue weighted by atomic mass is 9.94. The third-order valence-electron chi connectivity index (χ3n) is 6.32. The van der Waals surface area contributed by atoms with Crippen molar-refractivity contribution in [2.45, 2.75) is 57.2 Å². The first kappa shape index (κ1) is 17.6.